The molecule has 1 amide bonds. The Bertz CT molecular complexity index is 948. The van der Waals surface area contributed by atoms with Gasteiger partial charge in [-0.05, 0) is 62.4 Å². The van der Waals surface area contributed by atoms with E-state index in [0.29, 0.717) is 11.3 Å². The largest absolute Gasteiger partial charge is 0.353 e. The molecule has 0 bridgehead atoms. The molecular formula is C22H28N2O3S. The Labute approximate surface area is 167 Å². The molecule has 0 heterocycles. The van der Waals surface area contributed by atoms with Crippen LogP contribution in [0.3, 0.4) is 0 Å². The SMILES string of the molecule is CCC(C)NC(=O)C1(c2ccc(NS(=O)(=O)c3ccccc3C)cc2)CCC1. The first-order valence-corrected chi connectivity index (χ1v) is 11.3. The van der Waals surface area contributed by atoms with Crippen molar-refractivity contribution in [3.63, 3.8) is 0 Å². The molecule has 2 N–H and O–H groups in total. The molecule has 0 radical (unpaired) electrons. The zero-order chi connectivity index (χ0) is 20.4. The second kappa shape index (κ2) is 7.95. The van der Waals surface area contributed by atoms with Crippen LogP contribution in [0.15, 0.2) is 53.4 Å². The van der Waals surface area contributed by atoms with Crippen molar-refractivity contribution >= 4 is 21.6 Å². The lowest BCUT2D eigenvalue weighted by Gasteiger charge is -2.41. The van der Waals surface area contributed by atoms with E-state index >= 15 is 0 Å². The molecule has 1 aliphatic carbocycles. The van der Waals surface area contributed by atoms with Crippen molar-refractivity contribution in [1.82, 2.24) is 5.32 Å². The Morgan fingerprint density at radius 3 is 2.29 bits per heavy atom. The van der Waals surface area contributed by atoms with E-state index in [1.807, 2.05) is 32.0 Å². The van der Waals surface area contributed by atoms with E-state index in [-0.39, 0.29) is 16.8 Å². The number of carbonyl (C=O) groups is 1. The third kappa shape index (κ3) is 3.92. The highest BCUT2D eigenvalue weighted by Crippen LogP contribution is 2.44. The standard InChI is InChI=1S/C22H28N2O3S/c1-4-17(3)23-21(25)22(14-7-15-22)18-10-12-19(13-11-18)24-28(26,27)20-9-6-5-8-16(20)2/h5-6,8-13,17,24H,4,7,14-15H2,1-3H3,(H,23,25). The predicted octanol–water partition coefficient (Wildman–Crippen LogP) is 4.13. The quantitative estimate of drug-likeness (QED) is 0.734. The van der Waals surface area contributed by atoms with Crippen molar-refractivity contribution in [2.45, 2.75) is 62.8 Å². The first kappa shape index (κ1) is 20.4. The summed E-state index contributed by atoms with van der Waals surface area (Å²) >= 11 is 0. The fraction of sp³-hybridized carbons (Fsp3) is 0.409. The number of rotatable bonds is 7. The summed E-state index contributed by atoms with van der Waals surface area (Å²) in [5, 5.41) is 3.10. The molecule has 0 aliphatic heterocycles. The van der Waals surface area contributed by atoms with Gasteiger partial charge < -0.3 is 5.32 Å². The van der Waals surface area contributed by atoms with Crippen LogP contribution >= 0.6 is 0 Å². The van der Waals surface area contributed by atoms with Crippen molar-refractivity contribution in [1.29, 1.82) is 0 Å². The molecule has 2 aromatic rings. The summed E-state index contributed by atoms with van der Waals surface area (Å²) in [5.74, 6) is 0.0707. The Hall–Kier alpha value is -2.34. The molecule has 1 saturated carbocycles. The highest BCUT2D eigenvalue weighted by Gasteiger charge is 2.45. The third-order valence-electron chi connectivity index (χ3n) is 5.70. The molecule has 0 aromatic heterocycles. The normalized spacial score (nSPS) is 16.7. The fourth-order valence-electron chi connectivity index (χ4n) is 3.57. The Balaban J connectivity index is 1.80. The van der Waals surface area contributed by atoms with Crippen LogP contribution in [0.1, 0.15) is 50.7 Å². The molecule has 1 aliphatic rings. The highest BCUT2D eigenvalue weighted by molar-refractivity contribution is 7.92. The van der Waals surface area contributed by atoms with Gasteiger partial charge >= 0.3 is 0 Å². The summed E-state index contributed by atoms with van der Waals surface area (Å²) < 4.78 is 28.0. The molecule has 28 heavy (non-hydrogen) atoms. The lowest BCUT2D eigenvalue weighted by Crippen LogP contribution is -2.51. The molecule has 1 unspecified atom stereocenters. The fourth-order valence-corrected chi connectivity index (χ4v) is 4.87. The van der Waals surface area contributed by atoms with Crippen molar-refractivity contribution < 1.29 is 13.2 Å². The zero-order valence-electron chi connectivity index (χ0n) is 16.7. The minimum absolute atomic E-state index is 0.0707. The number of benzene rings is 2. The van der Waals surface area contributed by atoms with Gasteiger partial charge in [0.25, 0.3) is 10.0 Å². The number of aryl methyl sites for hydroxylation is 1. The third-order valence-corrected chi connectivity index (χ3v) is 7.25. The van der Waals surface area contributed by atoms with Gasteiger partial charge in [-0.15, -0.1) is 0 Å². The monoisotopic (exact) mass is 400 g/mol. The van der Waals surface area contributed by atoms with Crippen LogP contribution in [0.25, 0.3) is 0 Å². The van der Waals surface area contributed by atoms with Crippen molar-refractivity contribution in [2.24, 2.45) is 0 Å². The van der Waals surface area contributed by atoms with Gasteiger partial charge in [-0.1, -0.05) is 43.7 Å². The smallest absolute Gasteiger partial charge is 0.262 e. The Morgan fingerprint density at radius 2 is 1.75 bits per heavy atom. The second-order valence-electron chi connectivity index (χ2n) is 7.67. The van der Waals surface area contributed by atoms with Crippen molar-refractivity contribution in [2.75, 3.05) is 4.72 Å². The van der Waals surface area contributed by atoms with Gasteiger partial charge in [0.15, 0.2) is 0 Å². The number of sulfonamides is 1. The maximum Gasteiger partial charge on any atom is 0.262 e. The molecule has 0 saturated heterocycles. The number of hydrogen-bond donors (Lipinski definition) is 2. The van der Waals surface area contributed by atoms with Gasteiger partial charge in [0.2, 0.25) is 5.91 Å². The van der Waals surface area contributed by atoms with Crippen LogP contribution in [0.4, 0.5) is 5.69 Å². The minimum atomic E-state index is -3.65. The van der Waals surface area contributed by atoms with Gasteiger partial charge in [-0.2, -0.15) is 0 Å². The average Bonchev–Trinajstić information content (AvgIpc) is 2.62. The lowest BCUT2D eigenvalue weighted by molar-refractivity contribution is -0.130. The molecule has 1 atom stereocenters. The minimum Gasteiger partial charge on any atom is -0.353 e. The molecule has 0 spiro atoms. The Morgan fingerprint density at radius 1 is 1.11 bits per heavy atom. The van der Waals surface area contributed by atoms with Crippen LogP contribution in [-0.2, 0) is 20.2 Å². The molecular weight excluding hydrogens is 372 g/mol. The van der Waals surface area contributed by atoms with Gasteiger partial charge in [-0.3, -0.25) is 9.52 Å². The molecule has 6 heteroatoms. The van der Waals surface area contributed by atoms with E-state index in [4.69, 9.17) is 0 Å². The number of carbonyl (C=O) groups excluding carboxylic acids is 1. The van der Waals surface area contributed by atoms with Crippen LogP contribution in [0, 0.1) is 6.92 Å². The van der Waals surface area contributed by atoms with Crippen LogP contribution in [-0.4, -0.2) is 20.4 Å². The number of anilines is 1. The van der Waals surface area contributed by atoms with Crippen LogP contribution in [0.5, 0.6) is 0 Å². The first-order chi connectivity index (χ1) is 13.3. The summed E-state index contributed by atoms with van der Waals surface area (Å²) in [6.07, 6.45) is 3.56. The van der Waals surface area contributed by atoms with Crippen molar-refractivity contribution in [3.8, 4) is 0 Å². The lowest BCUT2D eigenvalue weighted by atomic mass is 9.63. The van der Waals surface area contributed by atoms with Gasteiger partial charge in [0.1, 0.15) is 0 Å². The van der Waals surface area contributed by atoms with Gasteiger partial charge in [-0.25, -0.2) is 8.42 Å². The maximum absolute atomic E-state index is 12.8. The average molecular weight is 401 g/mol. The molecule has 5 nitrogen and oxygen atoms in total. The van der Waals surface area contributed by atoms with Gasteiger partial charge in [0.05, 0.1) is 10.3 Å². The highest BCUT2D eigenvalue weighted by atomic mass is 32.2. The topological polar surface area (TPSA) is 75.3 Å². The summed E-state index contributed by atoms with van der Waals surface area (Å²) in [4.78, 5) is 13.1. The molecule has 1 fully saturated rings. The van der Waals surface area contributed by atoms with Crippen LogP contribution in [0.2, 0.25) is 0 Å². The second-order valence-corrected chi connectivity index (χ2v) is 9.32. The van der Waals surface area contributed by atoms with E-state index in [1.165, 1.54) is 0 Å². The first-order valence-electron chi connectivity index (χ1n) is 9.78. The van der Waals surface area contributed by atoms with E-state index < -0.39 is 15.4 Å². The van der Waals surface area contributed by atoms with Crippen LogP contribution < -0.4 is 10.0 Å². The summed E-state index contributed by atoms with van der Waals surface area (Å²) in [6, 6.07) is 14.2. The number of nitrogens with one attached hydrogen (secondary N) is 2. The van der Waals surface area contributed by atoms with Gasteiger partial charge in [0, 0.05) is 11.7 Å². The summed E-state index contributed by atoms with van der Waals surface area (Å²) in [5.41, 5.74) is 1.64. The zero-order valence-corrected chi connectivity index (χ0v) is 17.5. The van der Waals surface area contributed by atoms with E-state index in [0.717, 1.165) is 31.2 Å². The molecule has 3 rings (SSSR count). The van der Waals surface area contributed by atoms with Crippen molar-refractivity contribution in [3.05, 3.63) is 59.7 Å². The summed E-state index contributed by atoms with van der Waals surface area (Å²) in [6.45, 7) is 5.83. The van der Waals surface area contributed by atoms with E-state index in [2.05, 4.69) is 10.0 Å². The number of amides is 1. The van der Waals surface area contributed by atoms with E-state index in [1.54, 1.807) is 37.3 Å². The molecule has 2 aromatic carbocycles. The molecule has 150 valence electrons. The van der Waals surface area contributed by atoms with E-state index in [9.17, 15) is 13.2 Å². The number of hydrogen-bond acceptors (Lipinski definition) is 3. The maximum atomic E-state index is 12.8. The summed E-state index contributed by atoms with van der Waals surface area (Å²) in [7, 11) is -3.65. The Kier molecular flexibility index (Phi) is 5.79. The predicted molar refractivity (Wildman–Crippen MR) is 112 cm³/mol.